The summed E-state index contributed by atoms with van der Waals surface area (Å²) < 4.78 is 10.8. The largest absolute Gasteiger partial charge is 0.497 e. The maximum atomic E-state index is 13.2. The lowest BCUT2D eigenvalue weighted by Crippen LogP contribution is -2.51. The molecular formula is C26H24O5. The van der Waals surface area contributed by atoms with Crippen molar-refractivity contribution in [2.45, 2.75) is 18.4 Å². The third kappa shape index (κ3) is 4.17. The third-order valence-electron chi connectivity index (χ3n) is 6.01. The van der Waals surface area contributed by atoms with Crippen molar-refractivity contribution in [3.05, 3.63) is 102 Å². The zero-order chi connectivity index (χ0) is 21.8. The fraction of sp³-hybridized carbons (Fsp3) is 0.231. The molecule has 158 valence electrons. The quantitative estimate of drug-likeness (QED) is 0.568. The number of benzene rings is 3. The zero-order valence-corrected chi connectivity index (χ0v) is 17.2. The van der Waals surface area contributed by atoms with Gasteiger partial charge in [-0.2, -0.15) is 0 Å². The van der Waals surface area contributed by atoms with Gasteiger partial charge in [-0.25, -0.2) is 0 Å². The van der Waals surface area contributed by atoms with E-state index in [-0.39, 0.29) is 12.6 Å². The molecule has 0 saturated heterocycles. The molecule has 5 nitrogen and oxygen atoms in total. The molecule has 0 amide bonds. The SMILES string of the molecule is COc1ccc(COC(=O)C2C(c3ccccc3)C(C(=O)O)C2c2ccccc2)cc1. The van der Waals surface area contributed by atoms with E-state index < -0.39 is 29.6 Å². The minimum atomic E-state index is -0.901. The van der Waals surface area contributed by atoms with Gasteiger partial charge in [0.15, 0.2) is 0 Å². The first-order chi connectivity index (χ1) is 15.1. The summed E-state index contributed by atoms with van der Waals surface area (Å²) in [6, 6.07) is 26.1. The average molecular weight is 416 g/mol. The maximum Gasteiger partial charge on any atom is 0.310 e. The van der Waals surface area contributed by atoms with Crippen molar-refractivity contribution < 1.29 is 24.2 Å². The number of rotatable bonds is 7. The van der Waals surface area contributed by atoms with E-state index in [1.807, 2.05) is 84.9 Å². The standard InChI is InChI=1S/C26H24O5/c1-30-20-14-12-17(13-15-20)16-31-26(29)24-21(18-8-4-2-5-9-18)23(25(27)28)22(24)19-10-6-3-7-11-19/h2-15,21-24H,16H2,1H3,(H,27,28). The highest BCUT2D eigenvalue weighted by Gasteiger charge is 2.59. The van der Waals surface area contributed by atoms with Crippen LogP contribution < -0.4 is 4.74 Å². The van der Waals surface area contributed by atoms with E-state index in [0.717, 1.165) is 22.4 Å². The van der Waals surface area contributed by atoms with Gasteiger partial charge in [-0.15, -0.1) is 0 Å². The van der Waals surface area contributed by atoms with Crippen molar-refractivity contribution in [1.82, 2.24) is 0 Å². The van der Waals surface area contributed by atoms with Crippen molar-refractivity contribution in [1.29, 1.82) is 0 Å². The van der Waals surface area contributed by atoms with Gasteiger partial charge in [0.2, 0.25) is 0 Å². The molecule has 2 atom stereocenters. The van der Waals surface area contributed by atoms with Gasteiger partial charge >= 0.3 is 11.9 Å². The number of methoxy groups -OCH3 is 1. The number of aliphatic carboxylic acids is 1. The molecule has 0 aromatic heterocycles. The molecule has 0 aliphatic heterocycles. The van der Waals surface area contributed by atoms with Crippen LogP contribution in [0.15, 0.2) is 84.9 Å². The normalized spacial score (nSPS) is 22.2. The number of carboxylic acid groups (broad SMARTS) is 1. The number of hydrogen-bond donors (Lipinski definition) is 1. The second-order valence-electron chi connectivity index (χ2n) is 7.72. The molecule has 1 aliphatic carbocycles. The van der Waals surface area contributed by atoms with Gasteiger partial charge < -0.3 is 14.6 Å². The lowest BCUT2D eigenvalue weighted by Gasteiger charge is -2.49. The molecule has 0 bridgehead atoms. The smallest absolute Gasteiger partial charge is 0.310 e. The fourth-order valence-electron chi connectivity index (χ4n) is 4.50. The van der Waals surface area contributed by atoms with Crippen molar-refractivity contribution in [2.75, 3.05) is 7.11 Å². The van der Waals surface area contributed by atoms with Crippen LogP contribution in [0.2, 0.25) is 0 Å². The fourth-order valence-corrected chi connectivity index (χ4v) is 4.50. The van der Waals surface area contributed by atoms with Crippen LogP contribution in [-0.2, 0) is 20.9 Å². The van der Waals surface area contributed by atoms with Crippen LogP contribution in [0.25, 0.3) is 0 Å². The van der Waals surface area contributed by atoms with Crippen LogP contribution in [0.5, 0.6) is 5.75 Å². The Balaban J connectivity index is 1.61. The van der Waals surface area contributed by atoms with Crippen molar-refractivity contribution >= 4 is 11.9 Å². The molecule has 31 heavy (non-hydrogen) atoms. The predicted octanol–water partition coefficient (Wildman–Crippen LogP) is 4.64. The molecule has 1 saturated carbocycles. The molecule has 5 heteroatoms. The maximum absolute atomic E-state index is 13.2. The van der Waals surface area contributed by atoms with E-state index in [9.17, 15) is 14.7 Å². The van der Waals surface area contributed by atoms with Crippen LogP contribution in [0.4, 0.5) is 0 Å². The Hall–Kier alpha value is -3.60. The second-order valence-corrected chi connectivity index (χ2v) is 7.72. The average Bonchev–Trinajstić information content (AvgIpc) is 2.78. The first kappa shape index (κ1) is 20.7. The van der Waals surface area contributed by atoms with Crippen LogP contribution in [0.1, 0.15) is 28.5 Å². The van der Waals surface area contributed by atoms with Gasteiger partial charge in [-0.1, -0.05) is 72.8 Å². The third-order valence-corrected chi connectivity index (χ3v) is 6.01. The number of carbonyl (C=O) groups excluding carboxylic acids is 1. The van der Waals surface area contributed by atoms with Crippen molar-refractivity contribution in [3.63, 3.8) is 0 Å². The molecule has 3 aromatic rings. The lowest BCUT2D eigenvalue weighted by molar-refractivity contribution is -0.165. The summed E-state index contributed by atoms with van der Waals surface area (Å²) in [5.74, 6) is -2.68. The number of carboxylic acids is 1. The van der Waals surface area contributed by atoms with Crippen molar-refractivity contribution in [3.8, 4) is 5.75 Å². The van der Waals surface area contributed by atoms with E-state index in [1.54, 1.807) is 7.11 Å². The summed E-state index contributed by atoms with van der Waals surface area (Å²) in [5.41, 5.74) is 2.53. The Morgan fingerprint density at radius 2 is 1.29 bits per heavy atom. The Labute approximate surface area is 181 Å². The Kier molecular flexibility index (Phi) is 6.03. The van der Waals surface area contributed by atoms with Gasteiger partial charge in [0.25, 0.3) is 0 Å². The van der Waals surface area contributed by atoms with E-state index in [4.69, 9.17) is 9.47 Å². The van der Waals surface area contributed by atoms with Gasteiger partial charge in [0, 0.05) is 11.8 Å². The highest BCUT2D eigenvalue weighted by Crippen LogP contribution is 2.58. The van der Waals surface area contributed by atoms with E-state index >= 15 is 0 Å². The Morgan fingerprint density at radius 1 is 0.774 bits per heavy atom. The molecule has 0 heterocycles. The summed E-state index contributed by atoms with van der Waals surface area (Å²) in [7, 11) is 1.60. The first-order valence-electron chi connectivity index (χ1n) is 10.2. The Morgan fingerprint density at radius 3 is 1.74 bits per heavy atom. The number of ether oxygens (including phenoxy) is 2. The van der Waals surface area contributed by atoms with Crippen LogP contribution in [-0.4, -0.2) is 24.2 Å². The topological polar surface area (TPSA) is 72.8 Å². The van der Waals surface area contributed by atoms with Gasteiger partial charge in [-0.05, 0) is 28.8 Å². The molecule has 0 spiro atoms. The number of esters is 1. The minimum Gasteiger partial charge on any atom is -0.497 e. The van der Waals surface area contributed by atoms with E-state index in [0.29, 0.717) is 0 Å². The van der Waals surface area contributed by atoms with Crippen LogP contribution in [0, 0.1) is 11.8 Å². The summed E-state index contributed by atoms with van der Waals surface area (Å²) >= 11 is 0. The first-order valence-corrected chi connectivity index (χ1v) is 10.2. The molecular weight excluding hydrogens is 392 g/mol. The molecule has 1 aliphatic rings. The van der Waals surface area contributed by atoms with Gasteiger partial charge in [0.1, 0.15) is 12.4 Å². The van der Waals surface area contributed by atoms with Gasteiger partial charge in [-0.3, -0.25) is 9.59 Å². The molecule has 2 unspecified atom stereocenters. The zero-order valence-electron chi connectivity index (χ0n) is 17.2. The monoisotopic (exact) mass is 416 g/mol. The Bertz CT molecular complexity index is 983. The highest BCUT2D eigenvalue weighted by molar-refractivity contribution is 5.84. The number of hydrogen-bond acceptors (Lipinski definition) is 4. The summed E-state index contributed by atoms with van der Waals surface area (Å²) in [5, 5.41) is 9.99. The molecule has 1 fully saturated rings. The predicted molar refractivity (Wildman–Crippen MR) is 116 cm³/mol. The van der Waals surface area contributed by atoms with E-state index in [2.05, 4.69) is 0 Å². The lowest BCUT2D eigenvalue weighted by atomic mass is 9.52. The molecule has 4 rings (SSSR count). The second kappa shape index (κ2) is 9.04. The minimum absolute atomic E-state index is 0.125. The van der Waals surface area contributed by atoms with E-state index in [1.165, 1.54) is 0 Å². The molecule has 1 N–H and O–H groups in total. The van der Waals surface area contributed by atoms with Gasteiger partial charge in [0.05, 0.1) is 18.9 Å². The number of carbonyl (C=O) groups is 2. The molecule has 3 aromatic carbocycles. The molecule has 0 radical (unpaired) electrons. The summed E-state index contributed by atoms with van der Waals surface area (Å²) in [6.45, 7) is 0.125. The highest BCUT2D eigenvalue weighted by atomic mass is 16.5. The summed E-state index contributed by atoms with van der Waals surface area (Å²) in [4.78, 5) is 25.4. The van der Waals surface area contributed by atoms with Crippen LogP contribution >= 0.6 is 0 Å². The summed E-state index contributed by atoms with van der Waals surface area (Å²) in [6.07, 6.45) is 0. The van der Waals surface area contributed by atoms with Crippen molar-refractivity contribution in [2.24, 2.45) is 11.8 Å². The van der Waals surface area contributed by atoms with Crippen LogP contribution in [0.3, 0.4) is 0 Å².